The van der Waals surface area contributed by atoms with Crippen molar-refractivity contribution in [3.05, 3.63) is 237 Å². The van der Waals surface area contributed by atoms with Crippen LogP contribution in [0.1, 0.15) is 0 Å². The topological polar surface area (TPSA) is 3.24 Å². The van der Waals surface area contributed by atoms with Crippen molar-refractivity contribution < 1.29 is 0 Å². The number of para-hydroxylation sites is 1. The maximum Gasteiger partial charge on any atom is 0.0540 e. The van der Waals surface area contributed by atoms with Crippen LogP contribution in [-0.4, -0.2) is 0 Å². The van der Waals surface area contributed by atoms with Crippen molar-refractivity contribution in [3.63, 3.8) is 0 Å². The number of nitrogens with zero attached hydrogens (tertiary/aromatic N) is 1. The second-order valence-electron chi connectivity index (χ2n) is 15.2. The second kappa shape index (κ2) is 14.6. The lowest BCUT2D eigenvalue weighted by Crippen LogP contribution is -2.11. The number of hydrogen-bond donors (Lipinski definition) is 0. The standard InChI is InChI=1S/C58H39N/c1-3-17-40(18-4-1)48-23-15-16-30-56(48)59(45-35-31-41(32-36-45)55-39-44-21-7-8-22-47(44)49-24-9-10-27-52(49)55)46-37-33-43(34-38-46)58-54-29-14-12-26-51(54)50-25-11-13-28-53(50)57(58)42-19-5-2-6-20-42/h1-39H. The Bertz CT molecular complexity index is 3290. The molecular formula is C58H39N. The van der Waals surface area contributed by atoms with Crippen LogP contribution in [-0.2, 0) is 0 Å². The Kier molecular flexibility index (Phi) is 8.56. The Hall–Kier alpha value is -7.74. The molecule has 0 N–H and O–H groups in total. The average Bonchev–Trinajstić information content (AvgIpc) is 3.32. The highest BCUT2D eigenvalue weighted by molar-refractivity contribution is 6.21. The molecule has 0 atom stereocenters. The first-order valence-electron chi connectivity index (χ1n) is 20.3. The molecule has 0 aliphatic rings. The van der Waals surface area contributed by atoms with Crippen LogP contribution >= 0.6 is 0 Å². The highest BCUT2D eigenvalue weighted by Gasteiger charge is 2.21. The van der Waals surface area contributed by atoms with Gasteiger partial charge in [0.05, 0.1) is 5.69 Å². The molecule has 276 valence electrons. The van der Waals surface area contributed by atoms with E-state index in [9.17, 15) is 0 Å². The van der Waals surface area contributed by atoms with Gasteiger partial charge in [0.1, 0.15) is 0 Å². The zero-order valence-electron chi connectivity index (χ0n) is 32.5. The summed E-state index contributed by atoms with van der Waals surface area (Å²) in [6, 6.07) is 86.1. The third kappa shape index (κ3) is 6.04. The molecule has 0 bridgehead atoms. The molecule has 11 aromatic carbocycles. The van der Waals surface area contributed by atoms with Gasteiger partial charge in [-0.15, -0.1) is 0 Å². The predicted octanol–water partition coefficient (Wildman–Crippen LogP) is 16.4. The summed E-state index contributed by atoms with van der Waals surface area (Å²) in [5.74, 6) is 0. The van der Waals surface area contributed by atoms with Crippen LogP contribution in [0.3, 0.4) is 0 Å². The Morgan fingerprint density at radius 1 is 0.237 bits per heavy atom. The molecule has 1 nitrogen and oxygen atoms in total. The van der Waals surface area contributed by atoms with Gasteiger partial charge in [0.15, 0.2) is 0 Å². The van der Waals surface area contributed by atoms with E-state index >= 15 is 0 Å². The molecule has 0 heterocycles. The van der Waals surface area contributed by atoms with Gasteiger partial charge in [-0.2, -0.15) is 0 Å². The fraction of sp³-hybridized carbons (Fsp3) is 0. The summed E-state index contributed by atoms with van der Waals surface area (Å²) >= 11 is 0. The van der Waals surface area contributed by atoms with Gasteiger partial charge in [-0.1, -0.05) is 200 Å². The Balaban J connectivity index is 1.09. The van der Waals surface area contributed by atoms with Gasteiger partial charge in [0, 0.05) is 16.9 Å². The minimum Gasteiger partial charge on any atom is -0.310 e. The maximum atomic E-state index is 2.41. The van der Waals surface area contributed by atoms with Crippen LogP contribution in [0.15, 0.2) is 237 Å². The monoisotopic (exact) mass is 749 g/mol. The second-order valence-corrected chi connectivity index (χ2v) is 15.2. The van der Waals surface area contributed by atoms with Crippen molar-refractivity contribution in [3.8, 4) is 44.5 Å². The van der Waals surface area contributed by atoms with E-state index in [0.717, 1.165) is 17.1 Å². The van der Waals surface area contributed by atoms with Gasteiger partial charge < -0.3 is 4.90 Å². The van der Waals surface area contributed by atoms with E-state index < -0.39 is 0 Å². The predicted molar refractivity (Wildman–Crippen MR) is 253 cm³/mol. The SMILES string of the molecule is c1ccc(-c2ccccc2N(c2ccc(-c3cc4ccccc4c4ccccc34)cc2)c2ccc(-c3c(-c4ccccc4)c4ccccc4c4ccccc34)cc2)cc1. The van der Waals surface area contributed by atoms with Crippen molar-refractivity contribution in [1.82, 2.24) is 0 Å². The lowest BCUT2D eigenvalue weighted by atomic mass is 9.85. The lowest BCUT2D eigenvalue weighted by molar-refractivity contribution is 1.28. The van der Waals surface area contributed by atoms with Crippen molar-refractivity contribution >= 4 is 60.2 Å². The Morgan fingerprint density at radius 3 is 1.22 bits per heavy atom. The van der Waals surface area contributed by atoms with Gasteiger partial charge in [-0.3, -0.25) is 0 Å². The van der Waals surface area contributed by atoms with E-state index in [-0.39, 0.29) is 0 Å². The van der Waals surface area contributed by atoms with E-state index in [0.29, 0.717) is 0 Å². The Morgan fingerprint density at radius 2 is 0.627 bits per heavy atom. The highest BCUT2D eigenvalue weighted by Crippen LogP contribution is 2.47. The number of rotatable bonds is 7. The molecule has 0 unspecified atom stereocenters. The van der Waals surface area contributed by atoms with Crippen molar-refractivity contribution in [2.45, 2.75) is 0 Å². The normalized spacial score (nSPS) is 11.4. The molecule has 0 aromatic heterocycles. The summed E-state index contributed by atoms with van der Waals surface area (Å²) in [7, 11) is 0. The summed E-state index contributed by atoms with van der Waals surface area (Å²) in [4.78, 5) is 2.41. The van der Waals surface area contributed by atoms with Gasteiger partial charge in [0.2, 0.25) is 0 Å². The zero-order valence-corrected chi connectivity index (χ0v) is 32.5. The maximum absolute atomic E-state index is 2.41. The summed E-state index contributed by atoms with van der Waals surface area (Å²) in [5.41, 5.74) is 13.0. The molecule has 0 aliphatic heterocycles. The molecule has 0 spiro atoms. The average molecular weight is 750 g/mol. The molecule has 0 amide bonds. The summed E-state index contributed by atoms with van der Waals surface area (Å²) in [5, 5.41) is 10.1. The van der Waals surface area contributed by atoms with Gasteiger partial charge in [-0.25, -0.2) is 0 Å². The van der Waals surface area contributed by atoms with Crippen LogP contribution in [0, 0.1) is 0 Å². The summed E-state index contributed by atoms with van der Waals surface area (Å²) in [6.45, 7) is 0. The molecule has 0 fully saturated rings. The van der Waals surface area contributed by atoms with Crippen LogP contribution < -0.4 is 4.90 Å². The van der Waals surface area contributed by atoms with Crippen LogP contribution in [0.2, 0.25) is 0 Å². The number of benzene rings is 11. The van der Waals surface area contributed by atoms with E-state index in [2.05, 4.69) is 241 Å². The first-order chi connectivity index (χ1) is 29.3. The van der Waals surface area contributed by atoms with Gasteiger partial charge in [-0.05, 0) is 118 Å². The molecule has 0 saturated carbocycles. The van der Waals surface area contributed by atoms with Crippen LogP contribution in [0.5, 0.6) is 0 Å². The summed E-state index contributed by atoms with van der Waals surface area (Å²) < 4.78 is 0. The summed E-state index contributed by atoms with van der Waals surface area (Å²) in [6.07, 6.45) is 0. The number of fused-ring (bicyclic) bond motifs is 6. The molecule has 11 aromatic rings. The number of hydrogen-bond acceptors (Lipinski definition) is 1. The van der Waals surface area contributed by atoms with Crippen molar-refractivity contribution in [2.24, 2.45) is 0 Å². The molecule has 0 radical (unpaired) electrons. The van der Waals surface area contributed by atoms with E-state index in [1.54, 1.807) is 0 Å². The van der Waals surface area contributed by atoms with Crippen LogP contribution in [0.4, 0.5) is 17.1 Å². The lowest BCUT2D eigenvalue weighted by Gasteiger charge is -2.28. The molecular weight excluding hydrogens is 711 g/mol. The largest absolute Gasteiger partial charge is 0.310 e. The fourth-order valence-corrected chi connectivity index (χ4v) is 9.16. The van der Waals surface area contributed by atoms with E-state index in [1.165, 1.54) is 87.6 Å². The van der Waals surface area contributed by atoms with Crippen LogP contribution in [0.25, 0.3) is 87.6 Å². The third-order valence-electron chi connectivity index (χ3n) is 11.8. The first-order valence-corrected chi connectivity index (χ1v) is 20.3. The molecule has 0 saturated heterocycles. The molecule has 11 rings (SSSR count). The van der Waals surface area contributed by atoms with E-state index in [1.807, 2.05) is 0 Å². The van der Waals surface area contributed by atoms with Crippen molar-refractivity contribution in [1.29, 1.82) is 0 Å². The number of anilines is 3. The minimum atomic E-state index is 1.09. The quantitative estimate of drug-likeness (QED) is 0.147. The first kappa shape index (κ1) is 34.5. The Labute approximate surface area is 344 Å². The van der Waals surface area contributed by atoms with Crippen molar-refractivity contribution in [2.75, 3.05) is 4.90 Å². The zero-order chi connectivity index (χ0) is 39.1. The minimum absolute atomic E-state index is 1.09. The van der Waals surface area contributed by atoms with Gasteiger partial charge >= 0.3 is 0 Å². The molecule has 0 aliphatic carbocycles. The smallest absolute Gasteiger partial charge is 0.0540 e. The molecule has 1 heteroatoms. The third-order valence-corrected chi connectivity index (χ3v) is 11.8. The molecule has 59 heavy (non-hydrogen) atoms. The van der Waals surface area contributed by atoms with Gasteiger partial charge in [0.25, 0.3) is 0 Å². The highest BCUT2D eigenvalue weighted by atomic mass is 15.1. The van der Waals surface area contributed by atoms with E-state index in [4.69, 9.17) is 0 Å². The fourth-order valence-electron chi connectivity index (χ4n) is 9.16.